The average molecular weight is 475 g/mol. The summed E-state index contributed by atoms with van der Waals surface area (Å²) in [4.78, 5) is 31.4. The standard InChI is InChI=1S/C23H34N6O5/c1-2-18-20(21(24)28-23(25)27-18)34-14-8-13-33-17-10-7-9-16(15-17)22(31)26-12-6-4-3-5-11-19(30)29-32/h7,9-10,15,32H,2-6,8,11-14H2,1H3,(H,26,31)(H,29,30)(H4,24,25,27,28). The molecule has 0 unspecified atom stereocenters. The molecule has 0 radical (unpaired) electrons. The minimum atomic E-state index is -0.380. The van der Waals surface area contributed by atoms with Crippen LogP contribution in [-0.4, -0.2) is 46.7 Å². The molecule has 1 aromatic carbocycles. The highest BCUT2D eigenvalue weighted by Crippen LogP contribution is 2.24. The molecule has 2 rings (SSSR count). The topological polar surface area (TPSA) is 175 Å². The van der Waals surface area contributed by atoms with Gasteiger partial charge in [-0.25, -0.2) is 10.5 Å². The molecular formula is C23H34N6O5. The zero-order valence-corrected chi connectivity index (χ0v) is 19.5. The number of nitrogens with two attached hydrogens (primary N) is 2. The molecule has 0 bridgehead atoms. The van der Waals surface area contributed by atoms with Crippen molar-refractivity contribution in [3.63, 3.8) is 0 Å². The minimum absolute atomic E-state index is 0.124. The maximum atomic E-state index is 12.4. The Morgan fingerprint density at radius 2 is 1.79 bits per heavy atom. The van der Waals surface area contributed by atoms with E-state index in [0.29, 0.717) is 68.2 Å². The van der Waals surface area contributed by atoms with Crippen LogP contribution in [0.25, 0.3) is 0 Å². The number of hydrogen-bond acceptors (Lipinski definition) is 9. The fraction of sp³-hybridized carbons (Fsp3) is 0.478. The van der Waals surface area contributed by atoms with Gasteiger partial charge in [0.25, 0.3) is 5.91 Å². The number of rotatable bonds is 15. The summed E-state index contributed by atoms with van der Waals surface area (Å²) < 4.78 is 11.5. The van der Waals surface area contributed by atoms with Crippen molar-refractivity contribution in [2.75, 3.05) is 31.2 Å². The Balaban J connectivity index is 1.67. The van der Waals surface area contributed by atoms with E-state index in [-0.39, 0.29) is 23.6 Å². The van der Waals surface area contributed by atoms with Gasteiger partial charge >= 0.3 is 0 Å². The Morgan fingerprint density at radius 3 is 2.56 bits per heavy atom. The van der Waals surface area contributed by atoms with Crippen molar-refractivity contribution in [3.8, 4) is 11.5 Å². The SMILES string of the molecule is CCc1nc(N)nc(N)c1OCCCOc1cccc(C(=O)NCCCCCCC(=O)NO)c1. The molecule has 1 aromatic heterocycles. The van der Waals surface area contributed by atoms with E-state index in [1.54, 1.807) is 29.7 Å². The van der Waals surface area contributed by atoms with Gasteiger partial charge < -0.3 is 26.3 Å². The third kappa shape index (κ3) is 9.10. The summed E-state index contributed by atoms with van der Waals surface area (Å²) in [6.07, 6.45) is 4.78. The van der Waals surface area contributed by atoms with Crippen molar-refractivity contribution in [1.82, 2.24) is 20.8 Å². The van der Waals surface area contributed by atoms with E-state index >= 15 is 0 Å². The molecule has 11 heteroatoms. The van der Waals surface area contributed by atoms with E-state index in [1.807, 2.05) is 6.92 Å². The molecule has 0 atom stereocenters. The number of aryl methyl sites for hydroxylation is 1. The third-order valence-corrected chi connectivity index (χ3v) is 4.96. The van der Waals surface area contributed by atoms with Crippen LogP contribution in [-0.2, 0) is 11.2 Å². The number of carbonyl (C=O) groups is 2. The van der Waals surface area contributed by atoms with Crippen LogP contribution in [0, 0.1) is 0 Å². The molecule has 2 amide bonds. The number of benzene rings is 1. The number of nitrogens with one attached hydrogen (secondary N) is 2. The van der Waals surface area contributed by atoms with Gasteiger partial charge in [-0.2, -0.15) is 4.98 Å². The van der Waals surface area contributed by atoms with Crippen molar-refractivity contribution < 1.29 is 24.3 Å². The van der Waals surface area contributed by atoms with Crippen molar-refractivity contribution in [1.29, 1.82) is 0 Å². The molecule has 0 fully saturated rings. The van der Waals surface area contributed by atoms with Gasteiger partial charge in [0.2, 0.25) is 11.9 Å². The number of ether oxygens (including phenoxy) is 2. The number of unbranched alkanes of at least 4 members (excludes halogenated alkanes) is 3. The van der Waals surface area contributed by atoms with Gasteiger partial charge in [-0.05, 0) is 37.5 Å². The number of nitrogens with zero attached hydrogens (tertiary/aromatic N) is 2. The Kier molecular flexibility index (Phi) is 11.4. The molecule has 0 aliphatic carbocycles. The number of nitrogen functional groups attached to an aromatic ring is 2. The molecule has 11 nitrogen and oxygen atoms in total. The second-order valence-corrected chi connectivity index (χ2v) is 7.63. The van der Waals surface area contributed by atoms with Gasteiger partial charge in [-0.15, -0.1) is 0 Å². The molecule has 34 heavy (non-hydrogen) atoms. The van der Waals surface area contributed by atoms with E-state index in [1.165, 1.54) is 0 Å². The summed E-state index contributed by atoms with van der Waals surface area (Å²) in [5.74, 6) is 0.844. The Morgan fingerprint density at radius 1 is 1.03 bits per heavy atom. The van der Waals surface area contributed by atoms with Crippen LogP contribution in [0.15, 0.2) is 24.3 Å². The lowest BCUT2D eigenvalue weighted by Crippen LogP contribution is -2.24. The maximum Gasteiger partial charge on any atom is 0.251 e. The molecule has 2 aromatic rings. The summed E-state index contributed by atoms with van der Waals surface area (Å²) in [5.41, 5.74) is 14.3. The van der Waals surface area contributed by atoms with Gasteiger partial charge in [0.15, 0.2) is 11.6 Å². The summed E-state index contributed by atoms with van der Waals surface area (Å²) in [6, 6.07) is 6.99. The van der Waals surface area contributed by atoms with Crippen LogP contribution in [0.5, 0.6) is 11.5 Å². The fourth-order valence-electron chi connectivity index (χ4n) is 3.21. The van der Waals surface area contributed by atoms with Crippen molar-refractivity contribution in [3.05, 3.63) is 35.5 Å². The summed E-state index contributed by atoms with van der Waals surface area (Å²) >= 11 is 0. The maximum absolute atomic E-state index is 12.4. The molecular weight excluding hydrogens is 440 g/mol. The highest BCUT2D eigenvalue weighted by atomic mass is 16.5. The molecule has 7 N–H and O–H groups in total. The first kappa shape index (κ1) is 26.7. The van der Waals surface area contributed by atoms with Crippen molar-refractivity contribution >= 4 is 23.6 Å². The van der Waals surface area contributed by atoms with Crippen LogP contribution >= 0.6 is 0 Å². The summed E-state index contributed by atoms with van der Waals surface area (Å²) in [5, 5.41) is 11.3. The normalized spacial score (nSPS) is 10.5. The molecule has 1 heterocycles. The zero-order chi connectivity index (χ0) is 24.8. The van der Waals surface area contributed by atoms with Crippen LogP contribution in [0.4, 0.5) is 11.8 Å². The molecule has 0 spiro atoms. The van der Waals surface area contributed by atoms with E-state index in [4.69, 9.17) is 26.1 Å². The molecule has 0 aliphatic rings. The van der Waals surface area contributed by atoms with Gasteiger partial charge in [-0.3, -0.25) is 14.8 Å². The van der Waals surface area contributed by atoms with E-state index < -0.39 is 0 Å². The monoisotopic (exact) mass is 474 g/mol. The van der Waals surface area contributed by atoms with Crippen LogP contribution in [0.3, 0.4) is 0 Å². The number of anilines is 2. The lowest BCUT2D eigenvalue weighted by molar-refractivity contribution is -0.129. The summed E-state index contributed by atoms with van der Waals surface area (Å²) in [7, 11) is 0. The molecule has 0 saturated heterocycles. The van der Waals surface area contributed by atoms with Gasteiger partial charge in [0, 0.05) is 24.9 Å². The second-order valence-electron chi connectivity index (χ2n) is 7.63. The number of carbonyl (C=O) groups excluding carboxylic acids is 2. The first-order valence-corrected chi connectivity index (χ1v) is 11.4. The number of hydrogen-bond donors (Lipinski definition) is 5. The highest BCUT2D eigenvalue weighted by molar-refractivity contribution is 5.94. The zero-order valence-electron chi connectivity index (χ0n) is 19.5. The quantitative estimate of drug-likeness (QED) is 0.147. The summed E-state index contributed by atoms with van der Waals surface area (Å²) in [6.45, 7) is 3.25. The van der Waals surface area contributed by atoms with E-state index in [0.717, 1.165) is 19.3 Å². The van der Waals surface area contributed by atoms with Crippen molar-refractivity contribution in [2.24, 2.45) is 0 Å². The Hall–Kier alpha value is -3.60. The van der Waals surface area contributed by atoms with Crippen LogP contribution < -0.4 is 31.7 Å². The predicted molar refractivity (Wildman–Crippen MR) is 128 cm³/mol. The largest absolute Gasteiger partial charge is 0.493 e. The highest BCUT2D eigenvalue weighted by Gasteiger charge is 2.11. The Bertz CT molecular complexity index is 940. The third-order valence-electron chi connectivity index (χ3n) is 4.96. The number of amides is 2. The molecule has 0 saturated carbocycles. The molecule has 186 valence electrons. The average Bonchev–Trinajstić information content (AvgIpc) is 2.83. The minimum Gasteiger partial charge on any atom is -0.493 e. The number of aromatic nitrogens is 2. The van der Waals surface area contributed by atoms with Crippen LogP contribution in [0.1, 0.15) is 61.5 Å². The smallest absolute Gasteiger partial charge is 0.251 e. The van der Waals surface area contributed by atoms with Gasteiger partial charge in [0.05, 0.1) is 18.9 Å². The first-order valence-electron chi connectivity index (χ1n) is 11.4. The Labute approximate surface area is 199 Å². The molecule has 0 aliphatic heterocycles. The van der Waals surface area contributed by atoms with Gasteiger partial charge in [0.1, 0.15) is 5.75 Å². The van der Waals surface area contributed by atoms with Crippen molar-refractivity contribution in [2.45, 2.75) is 51.9 Å². The lowest BCUT2D eigenvalue weighted by Gasteiger charge is -2.13. The fourth-order valence-corrected chi connectivity index (χ4v) is 3.21. The number of hydroxylamine groups is 1. The van der Waals surface area contributed by atoms with E-state index in [2.05, 4.69) is 15.3 Å². The predicted octanol–water partition coefficient (Wildman–Crippen LogP) is 2.24. The second kappa shape index (κ2) is 14.5. The lowest BCUT2D eigenvalue weighted by atomic mass is 10.1. The van der Waals surface area contributed by atoms with E-state index in [9.17, 15) is 9.59 Å². The first-order chi connectivity index (χ1) is 16.4. The van der Waals surface area contributed by atoms with Crippen LogP contribution in [0.2, 0.25) is 0 Å². The van der Waals surface area contributed by atoms with Gasteiger partial charge in [-0.1, -0.05) is 25.8 Å².